The second kappa shape index (κ2) is 6.21. The maximum atomic E-state index is 12.2. The Morgan fingerprint density at radius 3 is 2.88 bits per heavy atom. The second-order valence-corrected chi connectivity index (χ2v) is 4.54. The molecule has 1 unspecified atom stereocenters. The molecule has 5 nitrogen and oxygen atoms in total. The van der Waals surface area contributed by atoms with Gasteiger partial charge in [0.05, 0.1) is 0 Å². The number of carbonyl (C=O) groups is 2. The second-order valence-electron chi connectivity index (χ2n) is 4.54. The predicted octanol–water partition coefficient (Wildman–Crippen LogP) is -0.103. The highest BCUT2D eigenvalue weighted by Crippen LogP contribution is 2.20. The molecular weight excluding hydrogens is 242 g/mol. The molecular formula is C11H20ClN3O2. The molecule has 0 aromatic heterocycles. The van der Waals surface area contributed by atoms with Crippen molar-refractivity contribution in [3.63, 3.8) is 0 Å². The van der Waals surface area contributed by atoms with Crippen LogP contribution in [0.3, 0.4) is 0 Å². The first-order chi connectivity index (χ1) is 7.72. The Labute approximate surface area is 108 Å². The normalized spacial score (nSPS) is 27.8. The van der Waals surface area contributed by atoms with Crippen LogP contribution in [-0.4, -0.2) is 48.9 Å². The van der Waals surface area contributed by atoms with Gasteiger partial charge in [0, 0.05) is 25.6 Å². The molecule has 17 heavy (non-hydrogen) atoms. The minimum absolute atomic E-state index is 0. The summed E-state index contributed by atoms with van der Waals surface area (Å²) in [5.41, 5.74) is 0. The molecule has 0 bridgehead atoms. The highest BCUT2D eigenvalue weighted by molar-refractivity contribution is 5.91. The number of hydrogen-bond acceptors (Lipinski definition) is 3. The van der Waals surface area contributed by atoms with Crippen LogP contribution in [-0.2, 0) is 9.59 Å². The van der Waals surface area contributed by atoms with E-state index in [1.165, 1.54) is 0 Å². The number of amides is 2. The largest absolute Gasteiger partial charge is 0.344 e. The zero-order chi connectivity index (χ0) is 11.5. The van der Waals surface area contributed by atoms with Gasteiger partial charge < -0.3 is 15.5 Å². The van der Waals surface area contributed by atoms with E-state index >= 15 is 0 Å². The summed E-state index contributed by atoms with van der Waals surface area (Å²) in [4.78, 5) is 25.2. The molecule has 0 radical (unpaired) electrons. The van der Waals surface area contributed by atoms with Crippen molar-refractivity contribution < 1.29 is 9.59 Å². The molecule has 2 saturated heterocycles. The molecule has 0 spiro atoms. The molecule has 2 fully saturated rings. The van der Waals surface area contributed by atoms with Crippen molar-refractivity contribution in [1.29, 1.82) is 0 Å². The average molecular weight is 262 g/mol. The molecule has 2 aliphatic heterocycles. The summed E-state index contributed by atoms with van der Waals surface area (Å²) in [6.07, 6.45) is 3.27. The number of likely N-dealkylation sites (N-methyl/N-ethyl adjacent to an activating group) is 1. The Hall–Kier alpha value is -0.810. The number of hydrogen-bond donors (Lipinski definition) is 2. The minimum Gasteiger partial charge on any atom is -0.344 e. The topological polar surface area (TPSA) is 61.4 Å². The lowest BCUT2D eigenvalue weighted by Gasteiger charge is -2.27. The quantitative estimate of drug-likeness (QED) is 0.746. The zero-order valence-electron chi connectivity index (χ0n) is 10.1. The van der Waals surface area contributed by atoms with Gasteiger partial charge in [-0.25, -0.2) is 0 Å². The van der Waals surface area contributed by atoms with E-state index in [1.54, 1.807) is 0 Å². The van der Waals surface area contributed by atoms with Crippen molar-refractivity contribution in [2.45, 2.75) is 37.8 Å². The van der Waals surface area contributed by atoms with Gasteiger partial charge in [0.15, 0.2) is 0 Å². The monoisotopic (exact) mass is 261 g/mol. The van der Waals surface area contributed by atoms with E-state index in [-0.39, 0.29) is 30.3 Å². The van der Waals surface area contributed by atoms with Crippen molar-refractivity contribution in [2.75, 3.05) is 20.1 Å². The highest BCUT2D eigenvalue weighted by Gasteiger charge is 2.35. The fourth-order valence-corrected chi connectivity index (χ4v) is 2.57. The number of nitrogens with zero attached hydrogens (tertiary/aromatic N) is 1. The molecule has 0 saturated carbocycles. The van der Waals surface area contributed by atoms with E-state index in [0.29, 0.717) is 18.9 Å². The van der Waals surface area contributed by atoms with E-state index in [4.69, 9.17) is 0 Å². The van der Waals surface area contributed by atoms with Crippen LogP contribution in [0.2, 0.25) is 0 Å². The van der Waals surface area contributed by atoms with Crippen LogP contribution in [0.5, 0.6) is 0 Å². The molecule has 2 N–H and O–H groups in total. The van der Waals surface area contributed by atoms with E-state index in [9.17, 15) is 9.59 Å². The summed E-state index contributed by atoms with van der Waals surface area (Å²) in [6, 6.07) is 0.0277. The number of rotatable bonds is 3. The molecule has 98 valence electrons. The lowest BCUT2D eigenvalue weighted by atomic mass is 10.1. The molecule has 2 aliphatic rings. The van der Waals surface area contributed by atoms with Gasteiger partial charge in [0.2, 0.25) is 11.8 Å². The Morgan fingerprint density at radius 1 is 1.53 bits per heavy atom. The first-order valence-electron chi connectivity index (χ1n) is 5.97. The van der Waals surface area contributed by atoms with Crippen molar-refractivity contribution >= 4 is 24.2 Å². The summed E-state index contributed by atoms with van der Waals surface area (Å²) in [5, 5.41) is 5.86. The van der Waals surface area contributed by atoms with Crippen LogP contribution in [0.25, 0.3) is 0 Å². The molecule has 2 rings (SSSR count). The van der Waals surface area contributed by atoms with E-state index in [1.807, 2.05) is 11.9 Å². The van der Waals surface area contributed by atoms with Crippen LogP contribution in [0.1, 0.15) is 25.7 Å². The van der Waals surface area contributed by atoms with E-state index in [0.717, 1.165) is 25.9 Å². The Morgan fingerprint density at radius 2 is 2.29 bits per heavy atom. The minimum atomic E-state index is -0.273. The fourth-order valence-electron chi connectivity index (χ4n) is 2.57. The number of likely N-dealkylation sites (tertiary alicyclic amines) is 1. The zero-order valence-corrected chi connectivity index (χ0v) is 10.9. The third-order valence-corrected chi connectivity index (χ3v) is 3.39. The van der Waals surface area contributed by atoms with Gasteiger partial charge in [-0.1, -0.05) is 0 Å². The Bertz CT molecular complexity index is 298. The number of carbonyl (C=O) groups excluding carboxylic acids is 2. The lowest BCUT2D eigenvalue weighted by Crippen LogP contribution is -2.48. The summed E-state index contributed by atoms with van der Waals surface area (Å²) in [5.74, 6) is 0.103. The standard InChI is InChI=1S/C11H19N3O2.ClH/c1-12-7-8-3-2-6-14(8)11(16)9-4-5-10(15)13-9;/h8-9,12H,2-7H2,1H3,(H,13,15);1H/t8?,9-;/m0./s1. The SMILES string of the molecule is CNCC1CCCN1C(=O)[C@@H]1CCC(=O)N1.Cl. The third-order valence-electron chi connectivity index (χ3n) is 3.39. The highest BCUT2D eigenvalue weighted by atomic mass is 35.5. The van der Waals surface area contributed by atoms with Crippen LogP contribution in [0.15, 0.2) is 0 Å². The van der Waals surface area contributed by atoms with Gasteiger partial charge in [-0.3, -0.25) is 9.59 Å². The Kier molecular flexibility index (Phi) is 5.21. The van der Waals surface area contributed by atoms with E-state index in [2.05, 4.69) is 10.6 Å². The smallest absolute Gasteiger partial charge is 0.245 e. The van der Waals surface area contributed by atoms with Gasteiger partial charge >= 0.3 is 0 Å². The van der Waals surface area contributed by atoms with E-state index < -0.39 is 0 Å². The van der Waals surface area contributed by atoms with Crippen LogP contribution in [0, 0.1) is 0 Å². The first kappa shape index (κ1) is 14.3. The average Bonchev–Trinajstić information content (AvgIpc) is 2.87. The van der Waals surface area contributed by atoms with Crippen LogP contribution >= 0.6 is 12.4 Å². The maximum absolute atomic E-state index is 12.2. The molecule has 0 aromatic carbocycles. The van der Waals surface area contributed by atoms with Crippen LogP contribution in [0.4, 0.5) is 0 Å². The fraction of sp³-hybridized carbons (Fsp3) is 0.818. The lowest BCUT2D eigenvalue weighted by molar-refractivity contribution is -0.135. The van der Waals surface area contributed by atoms with Gasteiger partial charge in [0.25, 0.3) is 0 Å². The van der Waals surface area contributed by atoms with Crippen molar-refractivity contribution in [1.82, 2.24) is 15.5 Å². The molecule has 0 aromatic rings. The predicted molar refractivity (Wildman–Crippen MR) is 67.1 cm³/mol. The first-order valence-corrected chi connectivity index (χ1v) is 5.97. The molecule has 2 amide bonds. The summed E-state index contributed by atoms with van der Waals surface area (Å²) in [7, 11) is 1.90. The molecule has 0 aliphatic carbocycles. The van der Waals surface area contributed by atoms with Crippen molar-refractivity contribution in [3.8, 4) is 0 Å². The summed E-state index contributed by atoms with van der Waals surface area (Å²) in [6.45, 7) is 1.67. The van der Waals surface area contributed by atoms with Gasteiger partial charge in [-0.15, -0.1) is 12.4 Å². The number of nitrogens with one attached hydrogen (secondary N) is 2. The molecule has 2 atom stereocenters. The summed E-state index contributed by atoms with van der Waals surface area (Å²) < 4.78 is 0. The third kappa shape index (κ3) is 3.10. The number of halogens is 1. The van der Waals surface area contributed by atoms with Gasteiger partial charge in [0.1, 0.15) is 6.04 Å². The van der Waals surface area contributed by atoms with Crippen LogP contribution < -0.4 is 10.6 Å². The van der Waals surface area contributed by atoms with Crippen molar-refractivity contribution in [2.24, 2.45) is 0 Å². The van der Waals surface area contributed by atoms with Crippen molar-refractivity contribution in [3.05, 3.63) is 0 Å². The molecule has 6 heteroatoms. The maximum Gasteiger partial charge on any atom is 0.245 e. The van der Waals surface area contributed by atoms with Gasteiger partial charge in [-0.2, -0.15) is 0 Å². The summed E-state index contributed by atoms with van der Waals surface area (Å²) >= 11 is 0. The molecule has 2 heterocycles. The van der Waals surface area contributed by atoms with Gasteiger partial charge in [-0.05, 0) is 26.3 Å². The Balaban J connectivity index is 0.00000144.